The Kier molecular flexibility index (Phi) is 6.17. The minimum absolute atomic E-state index is 0. The number of hydrogen-bond donors (Lipinski definition) is 0. The van der Waals surface area contributed by atoms with Gasteiger partial charge >= 0.3 is 21.1 Å². The molecule has 0 aliphatic carbocycles. The number of aryl methyl sites for hydroxylation is 1. The Morgan fingerprint density at radius 1 is 0.967 bits per heavy atom. The molecular weight excluding hydrogens is 569 g/mol. The van der Waals surface area contributed by atoms with Crippen molar-refractivity contribution in [2.24, 2.45) is 0 Å². The molecule has 0 saturated heterocycles. The molecule has 0 radical (unpaired) electrons. The van der Waals surface area contributed by atoms with E-state index in [1.165, 1.54) is 29.2 Å². The van der Waals surface area contributed by atoms with E-state index in [4.69, 9.17) is 0 Å². The SMILES string of the molecule is Cc1nc(C(C)(C)c2cccc(-c3[c-]ccnc3F)n2)nn1-c1[c-]ccnc1F.[Pt+2]. The number of pyridine rings is 3. The van der Waals surface area contributed by atoms with Crippen LogP contribution in [0.1, 0.15) is 31.2 Å². The van der Waals surface area contributed by atoms with Gasteiger partial charge in [0.1, 0.15) is 17.7 Å². The molecule has 4 heterocycles. The first-order valence-corrected chi connectivity index (χ1v) is 8.84. The zero-order valence-corrected chi connectivity index (χ0v) is 18.6. The number of rotatable bonds is 4. The topological polar surface area (TPSA) is 69.4 Å². The molecule has 4 aromatic rings. The molecule has 0 aromatic carbocycles. The second kappa shape index (κ2) is 8.48. The molecule has 9 heteroatoms. The van der Waals surface area contributed by atoms with E-state index in [-0.39, 0.29) is 32.3 Å². The fourth-order valence-corrected chi connectivity index (χ4v) is 2.92. The van der Waals surface area contributed by atoms with Crippen molar-refractivity contribution in [3.63, 3.8) is 0 Å². The Bertz CT molecular complexity index is 1190. The molecule has 0 spiro atoms. The van der Waals surface area contributed by atoms with Gasteiger partial charge in [0.05, 0.1) is 5.41 Å². The van der Waals surface area contributed by atoms with Gasteiger partial charge in [-0.25, -0.2) is 14.1 Å². The number of nitrogens with zero attached hydrogens (tertiary/aromatic N) is 6. The number of halogens is 2. The van der Waals surface area contributed by atoms with Crippen LogP contribution in [0, 0.1) is 31.0 Å². The maximum atomic E-state index is 14.1. The van der Waals surface area contributed by atoms with Gasteiger partial charge in [-0.05, 0) is 32.5 Å². The largest absolute Gasteiger partial charge is 2.00 e. The predicted octanol–water partition coefficient (Wildman–Crippen LogP) is 3.63. The molecule has 0 saturated carbocycles. The van der Waals surface area contributed by atoms with Gasteiger partial charge in [-0.15, -0.1) is 12.1 Å². The molecule has 4 aromatic heterocycles. The Balaban J connectivity index is 0.00000256. The quantitative estimate of drug-likeness (QED) is 0.271. The fourth-order valence-electron chi connectivity index (χ4n) is 2.92. The van der Waals surface area contributed by atoms with Crippen molar-refractivity contribution in [2.75, 3.05) is 0 Å². The predicted molar refractivity (Wildman–Crippen MR) is 101 cm³/mol. The molecule has 30 heavy (non-hydrogen) atoms. The molecule has 4 rings (SSSR count). The van der Waals surface area contributed by atoms with Crippen molar-refractivity contribution in [1.29, 1.82) is 0 Å². The summed E-state index contributed by atoms with van der Waals surface area (Å²) in [6.07, 6.45) is 2.65. The third-order valence-electron chi connectivity index (χ3n) is 4.56. The van der Waals surface area contributed by atoms with Gasteiger partial charge in [-0.2, -0.15) is 17.2 Å². The average molecular weight is 585 g/mol. The molecule has 0 aliphatic rings. The minimum atomic E-state index is -0.733. The number of aromatic nitrogens is 6. The summed E-state index contributed by atoms with van der Waals surface area (Å²) < 4.78 is 29.5. The van der Waals surface area contributed by atoms with Gasteiger partial charge in [0.2, 0.25) is 0 Å². The van der Waals surface area contributed by atoms with Crippen molar-refractivity contribution in [1.82, 2.24) is 29.7 Å². The summed E-state index contributed by atoms with van der Waals surface area (Å²) >= 11 is 0. The number of hydrogen-bond acceptors (Lipinski definition) is 5. The van der Waals surface area contributed by atoms with Crippen molar-refractivity contribution in [3.8, 4) is 16.9 Å². The Hall–Kier alpha value is -2.86. The van der Waals surface area contributed by atoms with Crippen molar-refractivity contribution in [3.05, 3.63) is 84.1 Å². The monoisotopic (exact) mass is 585 g/mol. The van der Waals surface area contributed by atoms with Gasteiger partial charge in [0, 0.05) is 11.4 Å². The summed E-state index contributed by atoms with van der Waals surface area (Å²) in [6.45, 7) is 5.51. The summed E-state index contributed by atoms with van der Waals surface area (Å²) in [6, 6.07) is 13.9. The Morgan fingerprint density at radius 3 is 2.37 bits per heavy atom. The van der Waals surface area contributed by atoms with E-state index >= 15 is 0 Å². The second-order valence-corrected chi connectivity index (χ2v) is 6.91. The summed E-state index contributed by atoms with van der Waals surface area (Å²) in [7, 11) is 0. The maximum absolute atomic E-state index is 14.1. The first kappa shape index (κ1) is 21.8. The third-order valence-corrected chi connectivity index (χ3v) is 4.56. The van der Waals surface area contributed by atoms with E-state index in [2.05, 4.69) is 37.2 Å². The summed E-state index contributed by atoms with van der Waals surface area (Å²) in [5.41, 5.74) is 0.576. The van der Waals surface area contributed by atoms with Gasteiger partial charge in [-0.1, -0.05) is 30.1 Å². The molecule has 0 atom stereocenters. The second-order valence-electron chi connectivity index (χ2n) is 6.91. The van der Waals surface area contributed by atoms with Crippen molar-refractivity contribution in [2.45, 2.75) is 26.2 Å². The fraction of sp³-hybridized carbons (Fsp3) is 0.190. The van der Waals surface area contributed by atoms with Crippen molar-refractivity contribution < 1.29 is 29.8 Å². The van der Waals surface area contributed by atoms with Crippen LogP contribution in [0.4, 0.5) is 8.78 Å². The average Bonchev–Trinajstić information content (AvgIpc) is 3.11. The smallest absolute Gasteiger partial charge is 0.356 e. The molecule has 0 bridgehead atoms. The molecule has 0 aliphatic heterocycles. The van der Waals surface area contributed by atoms with E-state index in [1.807, 2.05) is 19.9 Å². The van der Waals surface area contributed by atoms with Crippen LogP contribution >= 0.6 is 0 Å². The molecule has 0 amide bonds. The van der Waals surface area contributed by atoms with Crippen molar-refractivity contribution >= 4 is 0 Å². The molecule has 0 fully saturated rings. The standard InChI is InChI=1S/C21H16F2N6.Pt/c1-13-26-20(28-29(13)16-9-6-12-25-19(16)23)21(2,3)17-10-4-8-15(27-17)14-7-5-11-24-18(14)22;/h4-6,8,10-12H,1-3H3;/q-2;+2. The van der Waals surface area contributed by atoms with Crippen LogP contribution in [-0.4, -0.2) is 29.7 Å². The van der Waals surface area contributed by atoms with Crippen LogP contribution < -0.4 is 0 Å². The maximum Gasteiger partial charge on any atom is 2.00 e. The van der Waals surface area contributed by atoms with E-state index in [1.54, 1.807) is 19.1 Å². The van der Waals surface area contributed by atoms with Crippen LogP contribution in [0.2, 0.25) is 0 Å². The van der Waals surface area contributed by atoms with E-state index in [9.17, 15) is 8.78 Å². The van der Waals surface area contributed by atoms with Crippen LogP contribution in [0.3, 0.4) is 0 Å². The first-order chi connectivity index (χ1) is 13.9. The molecular formula is C21H16F2N6Pt. The van der Waals surface area contributed by atoms with Gasteiger partial charge in [0.25, 0.3) is 0 Å². The summed E-state index contributed by atoms with van der Waals surface area (Å²) in [5, 5.41) is 4.47. The zero-order chi connectivity index (χ0) is 20.6. The first-order valence-electron chi connectivity index (χ1n) is 8.84. The van der Waals surface area contributed by atoms with E-state index in [0.29, 0.717) is 23.0 Å². The minimum Gasteiger partial charge on any atom is -0.356 e. The molecule has 0 unspecified atom stereocenters. The molecule has 6 nitrogen and oxygen atoms in total. The van der Waals surface area contributed by atoms with E-state index in [0.717, 1.165) is 0 Å². The Labute approximate surface area is 186 Å². The van der Waals surface area contributed by atoms with Crippen LogP contribution in [0.15, 0.2) is 42.7 Å². The van der Waals surface area contributed by atoms with Gasteiger partial charge < -0.3 is 15.0 Å². The zero-order valence-electron chi connectivity index (χ0n) is 16.3. The van der Waals surface area contributed by atoms with Gasteiger partial charge in [-0.3, -0.25) is 4.39 Å². The van der Waals surface area contributed by atoms with Crippen LogP contribution in [0.5, 0.6) is 0 Å². The normalized spacial score (nSPS) is 11.2. The van der Waals surface area contributed by atoms with Gasteiger partial charge in [0.15, 0.2) is 5.82 Å². The summed E-state index contributed by atoms with van der Waals surface area (Å²) in [5.74, 6) is -0.408. The third kappa shape index (κ3) is 3.92. The van der Waals surface area contributed by atoms with Crippen LogP contribution in [-0.2, 0) is 26.5 Å². The van der Waals surface area contributed by atoms with E-state index < -0.39 is 17.3 Å². The molecule has 154 valence electrons. The summed E-state index contributed by atoms with van der Waals surface area (Å²) in [4.78, 5) is 16.4. The van der Waals surface area contributed by atoms with Crippen LogP contribution in [0.25, 0.3) is 16.9 Å². The Morgan fingerprint density at radius 2 is 1.67 bits per heavy atom. The molecule has 0 N–H and O–H groups in total.